The number of benzene rings is 1. The first kappa shape index (κ1) is 23.4. The van der Waals surface area contributed by atoms with Gasteiger partial charge in [-0.05, 0) is 48.4 Å². The van der Waals surface area contributed by atoms with Gasteiger partial charge in [-0.15, -0.1) is 11.3 Å². The molecular formula is C21H28N4O4S2. The van der Waals surface area contributed by atoms with Crippen molar-refractivity contribution in [3.63, 3.8) is 0 Å². The van der Waals surface area contributed by atoms with Gasteiger partial charge in [0.05, 0.1) is 9.77 Å². The van der Waals surface area contributed by atoms with Gasteiger partial charge in [-0.3, -0.25) is 9.59 Å². The van der Waals surface area contributed by atoms with Crippen LogP contribution in [-0.4, -0.2) is 57.4 Å². The molecule has 2 amide bonds. The highest BCUT2D eigenvalue weighted by atomic mass is 32.2. The van der Waals surface area contributed by atoms with Gasteiger partial charge in [0, 0.05) is 38.6 Å². The van der Waals surface area contributed by atoms with Crippen LogP contribution in [-0.2, 0) is 21.2 Å². The second kappa shape index (κ2) is 10.9. The van der Waals surface area contributed by atoms with Crippen molar-refractivity contribution in [3.8, 4) is 0 Å². The molecule has 0 bridgehead atoms. The number of nitrogens with zero attached hydrogens (tertiary/aromatic N) is 1. The molecule has 0 spiro atoms. The van der Waals surface area contributed by atoms with Gasteiger partial charge in [0.1, 0.15) is 0 Å². The number of rotatable bonds is 9. The summed E-state index contributed by atoms with van der Waals surface area (Å²) in [5, 5.41) is 13.0. The molecule has 31 heavy (non-hydrogen) atoms. The number of carbonyl (C=O) groups excluding carboxylic acids is 2. The average Bonchev–Trinajstić information content (AvgIpc) is 3.28. The Morgan fingerprint density at radius 1 is 1.13 bits per heavy atom. The molecule has 1 aliphatic rings. The Balaban J connectivity index is 1.29. The van der Waals surface area contributed by atoms with E-state index in [1.165, 1.54) is 23.5 Å². The lowest BCUT2D eigenvalue weighted by Crippen LogP contribution is -2.45. The molecule has 168 valence electrons. The number of nitrogens with one attached hydrogen (secondary N) is 2. The lowest BCUT2D eigenvalue weighted by Gasteiger charge is -2.32. The van der Waals surface area contributed by atoms with Gasteiger partial charge in [0.15, 0.2) is 0 Å². The molecule has 4 N–H and O–H groups in total. The minimum Gasteiger partial charge on any atom is -0.356 e. The minimum atomic E-state index is -3.69. The number of hydrogen-bond acceptors (Lipinski definition) is 6. The van der Waals surface area contributed by atoms with E-state index in [1.54, 1.807) is 12.1 Å². The number of primary sulfonamides is 1. The topological polar surface area (TPSA) is 122 Å². The molecule has 0 saturated carbocycles. The summed E-state index contributed by atoms with van der Waals surface area (Å²) in [6.45, 7) is 2.91. The van der Waals surface area contributed by atoms with Crippen LogP contribution < -0.4 is 15.8 Å². The summed E-state index contributed by atoms with van der Waals surface area (Å²) in [6, 6.07) is 10.2. The van der Waals surface area contributed by atoms with Crippen molar-refractivity contribution < 1.29 is 18.0 Å². The Morgan fingerprint density at radius 3 is 2.45 bits per heavy atom. The van der Waals surface area contributed by atoms with E-state index in [1.807, 2.05) is 17.5 Å². The molecule has 1 aliphatic heterocycles. The Labute approximate surface area is 186 Å². The van der Waals surface area contributed by atoms with Crippen molar-refractivity contribution in [1.29, 1.82) is 0 Å². The molecule has 1 saturated heterocycles. The number of carbonyl (C=O) groups is 2. The molecular weight excluding hydrogens is 436 g/mol. The fraction of sp³-hybridized carbons (Fsp3) is 0.429. The van der Waals surface area contributed by atoms with Crippen LogP contribution in [0.25, 0.3) is 0 Å². The second-order valence-corrected chi connectivity index (χ2v) is 10.1. The molecule has 1 aromatic carbocycles. The van der Waals surface area contributed by atoms with Crippen LogP contribution in [0.2, 0.25) is 0 Å². The Hall–Kier alpha value is -2.27. The number of likely N-dealkylation sites (tertiary alicyclic amines) is 1. The number of sulfonamides is 1. The average molecular weight is 465 g/mol. The fourth-order valence-electron chi connectivity index (χ4n) is 3.51. The van der Waals surface area contributed by atoms with Crippen molar-refractivity contribution in [2.75, 3.05) is 26.2 Å². The smallest absolute Gasteiger partial charge is 0.261 e. The highest BCUT2D eigenvalue weighted by Crippen LogP contribution is 2.14. The molecule has 0 aliphatic carbocycles. The number of nitrogens with two attached hydrogens (primary N) is 1. The standard InChI is InChI=1S/C21H28N4O4S2/c22-31(28,29)18-5-3-16(4-6-18)7-11-23-20(26)10-14-25-12-8-17(9-13-25)24-21(27)19-2-1-15-30-19/h1-6,15,17H,7-14H2,(H,23,26)(H,24,27)(H2,22,28,29). The highest BCUT2D eigenvalue weighted by Gasteiger charge is 2.21. The van der Waals surface area contributed by atoms with E-state index in [2.05, 4.69) is 15.5 Å². The van der Waals surface area contributed by atoms with Crippen LogP contribution in [0.1, 0.15) is 34.5 Å². The highest BCUT2D eigenvalue weighted by molar-refractivity contribution is 7.89. The van der Waals surface area contributed by atoms with Crippen LogP contribution >= 0.6 is 11.3 Å². The largest absolute Gasteiger partial charge is 0.356 e. The van der Waals surface area contributed by atoms with Crippen molar-refractivity contribution >= 4 is 33.2 Å². The second-order valence-electron chi connectivity index (χ2n) is 7.61. The van der Waals surface area contributed by atoms with Gasteiger partial charge < -0.3 is 15.5 Å². The van der Waals surface area contributed by atoms with Crippen molar-refractivity contribution in [3.05, 3.63) is 52.2 Å². The van der Waals surface area contributed by atoms with E-state index < -0.39 is 10.0 Å². The first-order valence-corrected chi connectivity index (χ1v) is 12.7. The summed E-state index contributed by atoms with van der Waals surface area (Å²) in [5.41, 5.74) is 0.930. The molecule has 10 heteroatoms. The van der Waals surface area contributed by atoms with Gasteiger partial charge >= 0.3 is 0 Å². The minimum absolute atomic E-state index is 0.00530. The first-order valence-electron chi connectivity index (χ1n) is 10.3. The summed E-state index contributed by atoms with van der Waals surface area (Å²) >= 11 is 1.44. The van der Waals surface area contributed by atoms with E-state index in [4.69, 9.17) is 5.14 Å². The number of hydrogen-bond donors (Lipinski definition) is 3. The monoisotopic (exact) mass is 464 g/mol. The van der Waals surface area contributed by atoms with Gasteiger partial charge in [-0.1, -0.05) is 18.2 Å². The maximum Gasteiger partial charge on any atom is 0.261 e. The number of piperidine rings is 1. The van der Waals surface area contributed by atoms with Gasteiger partial charge in [-0.25, -0.2) is 13.6 Å². The predicted octanol–water partition coefficient (Wildman–Crippen LogP) is 1.34. The maximum atomic E-state index is 12.1. The molecule has 2 heterocycles. The third-order valence-corrected chi connectivity index (χ3v) is 7.11. The molecule has 2 aromatic rings. The van der Waals surface area contributed by atoms with Crippen molar-refractivity contribution in [1.82, 2.24) is 15.5 Å². The SMILES string of the molecule is NS(=O)(=O)c1ccc(CCNC(=O)CCN2CCC(NC(=O)c3cccs3)CC2)cc1. The summed E-state index contributed by atoms with van der Waals surface area (Å²) in [7, 11) is -3.69. The third kappa shape index (κ3) is 7.42. The molecule has 8 nitrogen and oxygen atoms in total. The lowest BCUT2D eigenvalue weighted by molar-refractivity contribution is -0.121. The van der Waals surface area contributed by atoms with Crippen LogP contribution in [0.3, 0.4) is 0 Å². The van der Waals surface area contributed by atoms with E-state index in [0.29, 0.717) is 25.9 Å². The zero-order valence-electron chi connectivity index (χ0n) is 17.2. The molecule has 0 atom stereocenters. The summed E-state index contributed by atoms with van der Waals surface area (Å²) in [6.07, 6.45) is 2.81. The zero-order valence-corrected chi connectivity index (χ0v) is 18.9. The first-order chi connectivity index (χ1) is 14.8. The van der Waals surface area contributed by atoms with E-state index >= 15 is 0 Å². The molecule has 0 unspecified atom stereocenters. The Morgan fingerprint density at radius 2 is 1.84 bits per heavy atom. The van der Waals surface area contributed by atoms with E-state index in [9.17, 15) is 18.0 Å². The molecule has 1 aromatic heterocycles. The summed E-state index contributed by atoms with van der Waals surface area (Å²) in [4.78, 5) is 27.3. The third-order valence-electron chi connectivity index (χ3n) is 5.31. The molecule has 1 fully saturated rings. The maximum absolute atomic E-state index is 12.1. The Kier molecular flexibility index (Phi) is 8.19. The summed E-state index contributed by atoms with van der Waals surface area (Å²) < 4.78 is 22.5. The lowest BCUT2D eigenvalue weighted by atomic mass is 10.0. The van der Waals surface area contributed by atoms with Crippen LogP contribution in [0.15, 0.2) is 46.7 Å². The van der Waals surface area contributed by atoms with Gasteiger partial charge in [0.2, 0.25) is 15.9 Å². The normalized spacial score (nSPS) is 15.5. The molecule has 3 rings (SSSR count). The predicted molar refractivity (Wildman–Crippen MR) is 120 cm³/mol. The van der Waals surface area contributed by atoms with E-state index in [0.717, 1.165) is 36.4 Å². The van der Waals surface area contributed by atoms with Crippen LogP contribution in [0.4, 0.5) is 0 Å². The number of amides is 2. The summed E-state index contributed by atoms with van der Waals surface area (Å²) in [5.74, 6) is -0.0126. The van der Waals surface area contributed by atoms with Gasteiger partial charge in [0.25, 0.3) is 5.91 Å². The molecule has 0 radical (unpaired) electrons. The quantitative estimate of drug-likeness (QED) is 0.517. The van der Waals surface area contributed by atoms with Gasteiger partial charge in [-0.2, -0.15) is 0 Å². The van der Waals surface area contributed by atoms with Crippen molar-refractivity contribution in [2.24, 2.45) is 5.14 Å². The Bertz CT molecular complexity index is 967. The van der Waals surface area contributed by atoms with Crippen LogP contribution in [0, 0.1) is 0 Å². The fourth-order valence-corrected chi connectivity index (χ4v) is 4.65. The van der Waals surface area contributed by atoms with Crippen molar-refractivity contribution in [2.45, 2.75) is 36.6 Å². The van der Waals surface area contributed by atoms with Crippen LogP contribution in [0.5, 0.6) is 0 Å². The van der Waals surface area contributed by atoms with E-state index in [-0.39, 0.29) is 22.8 Å². The zero-order chi connectivity index (χ0) is 22.3. The number of thiophene rings is 1.